The lowest BCUT2D eigenvalue weighted by atomic mass is 10.1. The Morgan fingerprint density at radius 3 is 1.96 bits per heavy atom. The number of carboxylic acid groups (broad SMARTS) is 1. The fourth-order valence-corrected chi connectivity index (χ4v) is 2.48. The van der Waals surface area contributed by atoms with Crippen molar-refractivity contribution < 1.29 is 19.5 Å². The highest BCUT2D eigenvalue weighted by Crippen LogP contribution is 2.09. The maximum atomic E-state index is 11.7. The van der Waals surface area contributed by atoms with Crippen LogP contribution in [-0.4, -0.2) is 41.9 Å². The van der Waals surface area contributed by atoms with Crippen molar-refractivity contribution >= 4 is 17.7 Å². The third-order valence-corrected chi connectivity index (χ3v) is 3.95. The molecule has 1 unspecified atom stereocenters. The van der Waals surface area contributed by atoms with Gasteiger partial charge in [-0.3, -0.25) is 14.4 Å². The van der Waals surface area contributed by atoms with E-state index in [9.17, 15) is 14.4 Å². The summed E-state index contributed by atoms with van der Waals surface area (Å²) in [6.45, 7) is 4.37. The number of unbranched alkanes of at least 4 members (excludes halogenated alkanes) is 8. The molecule has 0 radical (unpaired) electrons. The van der Waals surface area contributed by atoms with Gasteiger partial charge in [-0.25, -0.2) is 0 Å². The summed E-state index contributed by atoms with van der Waals surface area (Å²) in [5.41, 5.74) is 0. The Labute approximate surface area is 145 Å². The van der Waals surface area contributed by atoms with Crippen LogP contribution >= 0.6 is 0 Å². The molecule has 0 aliphatic heterocycles. The molecule has 0 fully saturated rings. The van der Waals surface area contributed by atoms with Gasteiger partial charge in [-0.15, -0.1) is 0 Å². The molecule has 1 amide bonds. The molecule has 0 aliphatic rings. The third kappa shape index (κ3) is 14.2. The van der Waals surface area contributed by atoms with Gasteiger partial charge >= 0.3 is 5.97 Å². The summed E-state index contributed by atoms with van der Waals surface area (Å²) < 4.78 is 0. The lowest BCUT2D eigenvalue weighted by molar-refractivity contribution is -0.139. The molecule has 0 aromatic heterocycles. The van der Waals surface area contributed by atoms with Crippen LogP contribution < -0.4 is 10.6 Å². The van der Waals surface area contributed by atoms with Gasteiger partial charge in [0.25, 0.3) is 0 Å². The topological polar surface area (TPSA) is 95.5 Å². The maximum Gasteiger partial charge on any atom is 0.305 e. The number of rotatable bonds is 16. The number of carbonyl (C=O) groups excluding carboxylic acids is 2. The number of carbonyl (C=O) groups is 3. The van der Waals surface area contributed by atoms with E-state index >= 15 is 0 Å². The summed E-state index contributed by atoms with van der Waals surface area (Å²) in [5, 5.41) is 14.2. The minimum Gasteiger partial charge on any atom is -0.481 e. The van der Waals surface area contributed by atoms with Crippen molar-refractivity contribution in [2.75, 3.05) is 13.1 Å². The standard InChI is InChI=1S/C18H34N2O4/c1-3-4-5-6-7-8-9-10-11-12-19-14-17(22)20-16(15(2)21)13-18(23)24/h16,19H,3-14H2,1-2H3,(H,20,22)(H,23,24). The van der Waals surface area contributed by atoms with Gasteiger partial charge in [-0.05, 0) is 19.9 Å². The molecule has 6 heteroatoms. The van der Waals surface area contributed by atoms with E-state index in [-0.39, 0.29) is 24.7 Å². The van der Waals surface area contributed by atoms with E-state index in [1.54, 1.807) is 0 Å². The summed E-state index contributed by atoms with van der Waals surface area (Å²) in [6, 6.07) is -0.940. The van der Waals surface area contributed by atoms with Gasteiger partial charge in [0.2, 0.25) is 5.91 Å². The molecule has 0 aromatic carbocycles. The second-order valence-corrected chi connectivity index (χ2v) is 6.33. The highest BCUT2D eigenvalue weighted by molar-refractivity contribution is 5.90. The molecule has 0 spiro atoms. The normalized spacial score (nSPS) is 11.9. The first-order chi connectivity index (χ1) is 11.5. The summed E-state index contributed by atoms with van der Waals surface area (Å²) in [4.78, 5) is 33.6. The van der Waals surface area contributed by atoms with Gasteiger partial charge < -0.3 is 15.7 Å². The highest BCUT2D eigenvalue weighted by atomic mass is 16.4. The number of hydrogen-bond donors (Lipinski definition) is 3. The molecule has 0 saturated carbocycles. The Kier molecular flexibility index (Phi) is 14.2. The Bertz CT molecular complexity index is 372. The number of carboxylic acids is 1. The summed E-state index contributed by atoms with van der Waals surface area (Å²) in [5.74, 6) is -1.78. The van der Waals surface area contributed by atoms with Gasteiger partial charge in [0.1, 0.15) is 0 Å². The van der Waals surface area contributed by atoms with Crippen molar-refractivity contribution in [1.82, 2.24) is 10.6 Å². The molecule has 0 bridgehead atoms. The van der Waals surface area contributed by atoms with E-state index in [2.05, 4.69) is 17.6 Å². The average molecular weight is 342 g/mol. The van der Waals surface area contributed by atoms with Crippen LogP contribution in [0.3, 0.4) is 0 Å². The SMILES string of the molecule is CCCCCCCCCCCNCC(=O)NC(CC(=O)O)C(C)=O. The van der Waals surface area contributed by atoms with E-state index in [4.69, 9.17) is 5.11 Å². The zero-order valence-electron chi connectivity index (χ0n) is 15.2. The lowest BCUT2D eigenvalue weighted by Gasteiger charge is -2.14. The first-order valence-electron chi connectivity index (χ1n) is 9.19. The van der Waals surface area contributed by atoms with E-state index in [0.717, 1.165) is 19.4 Å². The number of ketones is 1. The molecule has 6 nitrogen and oxygen atoms in total. The van der Waals surface area contributed by atoms with E-state index in [1.807, 2.05) is 0 Å². The Morgan fingerprint density at radius 1 is 0.917 bits per heavy atom. The van der Waals surface area contributed by atoms with Gasteiger partial charge in [-0.2, -0.15) is 0 Å². The van der Waals surface area contributed by atoms with E-state index < -0.39 is 12.0 Å². The summed E-state index contributed by atoms with van der Waals surface area (Å²) in [6.07, 6.45) is 10.9. The zero-order chi connectivity index (χ0) is 18.2. The second-order valence-electron chi connectivity index (χ2n) is 6.33. The van der Waals surface area contributed by atoms with Crippen LogP contribution in [0.15, 0.2) is 0 Å². The van der Waals surface area contributed by atoms with Gasteiger partial charge in [0, 0.05) is 0 Å². The maximum absolute atomic E-state index is 11.7. The summed E-state index contributed by atoms with van der Waals surface area (Å²) >= 11 is 0. The number of hydrogen-bond acceptors (Lipinski definition) is 4. The Balaban J connectivity index is 3.54. The molecule has 1 atom stereocenters. The molecule has 0 heterocycles. The molecule has 0 aromatic rings. The van der Waals surface area contributed by atoms with Crippen molar-refractivity contribution in [1.29, 1.82) is 0 Å². The van der Waals surface area contributed by atoms with Crippen molar-refractivity contribution in [2.45, 2.75) is 84.1 Å². The largest absolute Gasteiger partial charge is 0.481 e. The molecule has 0 rings (SSSR count). The van der Waals surface area contributed by atoms with Crippen molar-refractivity contribution in [2.24, 2.45) is 0 Å². The van der Waals surface area contributed by atoms with E-state index in [1.165, 1.54) is 51.9 Å². The van der Waals surface area contributed by atoms with Crippen LogP contribution in [0.4, 0.5) is 0 Å². The predicted molar refractivity (Wildman–Crippen MR) is 95.0 cm³/mol. The molecular formula is C18H34N2O4. The van der Waals surface area contributed by atoms with Crippen LogP contribution in [0.5, 0.6) is 0 Å². The van der Waals surface area contributed by atoms with Gasteiger partial charge in [0.05, 0.1) is 19.0 Å². The van der Waals surface area contributed by atoms with Crippen molar-refractivity contribution in [3.05, 3.63) is 0 Å². The van der Waals surface area contributed by atoms with Crippen molar-refractivity contribution in [3.8, 4) is 0 Å². The smallest absolute Gasteiger partial charge is 0.305 e. The van der Waals surface area contributed by atoms with E-state index in [0.29, 0.717) is 0 Å². The lowest BCUT2D eigenvalue weighted by Crippen LogP contribution is -2.45. The third-order valence-electron chi connectivity index (χ3n) is 3.95. The molecule has 3 N–H and O–H groups in total. The van der Waals surface area contributed by atoms with Crippen LogP contribution in [0.1, 0.15) is 78.1 Å². The molecule has 0 saturated heterocycles. The molecular weight excluding hydrogens is 308 g/mol. The number of aliphatic carboxylic acids is 1. The zero-order valence-corrected chi connectivity index (χ0v) is 15.2. The highest BCUT2D eigenvalue weighted by Gasteiger charge is 2.19. The minimum absolute atomic E-state index is 0.112. The fraction of sp³-hybridized carbons (Fsp3) is 0.833. The first-order valence-corrected chi connectivity index (χ1v) is 9.19. The monoisotopic (exact) mass is 342 g/mol. The first kappa shape index (κ1) is 22.6. The molecule has 0 aliphatic carbocycles. The predicted octanol–water partition coefficient (Wildman–Crippen LogP) is 2.66. The van der Waals surface area contributed by atoms with Gasteiger partial charge in [0.15, 0.2) is 5.78 Å². The van der Waals surface area contributed by atoms with Crippen LogP contribution in [0.25, 0.3) is 0 Å². The van der Waals surface area contributed by atoms with Crippen molar-refractivity contribution in [3.63, 3.8) is 0 Å². The minimum atomic E-state index is -1.10. The number of amides is 1. The average Bonchev–Trinajstić information content (AvgIpc) is 2.51. The van der Waals surface area contributed by atoms with Crippen LogP contribution in [0, 0.1) is 0 Å². The summed E-state index contributed by atoms with van der Waals surface area (Å²) in [7, 11) is 0. The molecule has 24 heavy (non-hydrogen) atoms. The fourth-order valence-electron chi connectivity index (χ4n) is 2.48. The molecule has 140 valence electrons. The van der Waals surface area contributed by atoms with Crippen LogP contribution in [-0.2, 0) is 14.4 Å². The van der Waals surface area contributed by atoms with Gasteiger partial charge in [-0.1, -0.05) is 58.3 Å². The second kappa shape index (κ2) is 15.1. The van der Waals surface area contributed by atoms with Crippen LogP contribution in [0.2, 0.25) is 0 Å². The number of nitrogens with one attached hydrogen (secondary N) is 2. The Hall–Kier alpha value is -1.43. The quantitative estimate of drug-likeness (QED) is 0.375. The number of Topliss-reactive ketones (excluding diaryl/α,β-unsaturated/α-hetero) is 1. The Morgan fingerprint density at radius 2 is 1.46 bits per heavy atom.